The Morgan fingerprint density at radius 1 is 1.31 bits per heavy atom. The minimum atomic E-state index is -0.480. The summed E-state index contributed by atoms with van der Waals surface area (Å²) in [4.78, 5) is 31.1. The van der Waals surface area contributed by atoms with Gasteiger partial charge in [-0.25, -0.2) is 9.37 Å². The number of nitrogens with zero attached hydrogens (tertiary/aromatic N) is 3. The van der Waals surface area contributed by atoms with Crippen LogP contribution in [0.2, 0.25) is 0 Å². The summed E-state index contributed by atoms with van der Waals surface area (Å²) in [6.07, 6.45) is 1.82. The van der Waals surface area contributed by atoms with Gasteiger partial charge < -0.3 is 10.3 Å². The zero-order valence-corrected chi connectivity index (χ0v) is 14.4. The Kier molecular flexibility index (Phi) is 4.92. The fourth-order valence-electron chi connectivity index (χ4n) is 2.73. The summed E-state index contributed by atoms with van der Waals surface area (Å²) in [7, 11) is 1.67. The summed E-state index contributed by atoms with van der Waals surface area (Å²) in [5.74, 6) is -0.195. The van der Waals surface area contributed by atoms with Gasteiger partial charge in [0.1, 0.15) is 17.3 Å². The van der Waals surface area contributed by atoms with Crippen LogP contribution in [0.1, 0.15) is 33.6 Å². The highest BCUT2D eigenvalue weighted by Crippen LogP contribution is 2.18. The van der Waals surface area contributed by atoms with Crippen LogP contribution in [0.3, 0.4) is 0 Å². The van der Waals surface area contributed by atoms with E-state index in [9.17, 15) is 14.0 Å². The minimum Gasteiger partial charge on any atom is -0.344 e. The second-order valence-electron chi connectivity index (χ2n) is 5.94. The highest BCUT2D eigenvalue weighted by molar-refractivity contribution is 5.92. The molecule has 1 aromatic carbocycles. The van der Waals surface area contributed by atoms with E-state index in [1.165, 1.54) is 29.1 Å². The number of carbonyl (C=O) groups is 1. The summed E-state index contributed by atoms with van der Waals surface area (Å²) in [5, 5.41) is 6.89. The van der Waals surface area contributed by atoms with Crippen LogP contribution in [0.25, 0.3) is 0 Å². The van der Waals surface area contributed by atoms with E-state index in [2.05, 4.69) is 20.4 Å². The predicted molar refractivity (Wildman–Crippen MR) is 93.1 cm³/mol. The lowest BCUT2D eigenvalue weighted by atomic mass is 10.0. The summed E-state index contributed by atoms with van der Waals surface area (Å²) in [6.45, 7) is 1.69. The third kappa shape index (κ3) is 4.02. The number of hydrogen-bond donors (Lipinski definition) is 2. The second kappa shape index (κ2) is 7.30. The SMILES string of the molecule is Cc1nc(C[C@@H](NC(=O)c2ccnn2C)c2ccc(F)cc2)cc(=O)[nH]1. The Balaban J connectivity index is 1.91. The van der Waals surface area contributed by atoms with Crippen LogP contribution < -0.4 is 10.9 Å². The lowest BCUT2D eigenvalue weighted by Gasteiger charge is -2.19. The fraction of sp³-hybridized carbons (Fsp3) is 0.222. The van der Waals surface area contributed by atoms with Crippen molar-refractivity contribution in [3.63, 3.8) is 0 Å². The Labute approximate surface area is 148 Å². The lowest BCUT2D eigenvalue weighted by Crippen LogP contribution is -2.32. The number of rotatable bonds is 5. The molecule has 0 spiro atoms. The predicted octanol–water partition coefficient (Wildman–Crippen LogP) is 1.66. The largest absolute Gasteiger partial charge is 0.344 e. The van der Waals surface area contributed by atoms with E-state index in [1.54, 1.807) is 32.2 Å². The number of amides is 1. The van der Waals surface area contributed by atoms with Gasteiger partial charge in [-0.15, -0.1) is 0 Å². The number of halogens is 1. The van der Waals surface area contributed by atoms with Crippen LogP contribution in [-0.2, 0) is 13.5 Å². The average Bonchev–Trinajstić information content (AvgIpc) is 3.00. The summed E-state index contributed by atoms with van der Waals surface area (Å²) in [5.41, 5.74) is 1.38. The molecule has 0 fully saturated rings. The van der Waals surface area contributed by atoms with E-state index in [-0.39, 0.29) is 17.3 Å². The maximum Gasteiger partial charge on any atom is 0.270 e. The molecule has 0 saturated carbocycles. The highest BCUT2D eigenvalue weighted by Gasteiger charge is 2.19. The number of aryl methyl sites for hydroxylation is 2. The molecule has 134 valence electrons. The van der Waals surface area contributed by atoms with Crippen LogP contribution in [0.4, 0.5) is 4.39 Å². The molecule has 3 aromatic rings. The van der Waals surface area contributed by atoms with Crippen LogP contribution in [0, 0.1) is 12.7 Å². The second-order valence-corrected chi connectivity index (χ2v) is 5.94. The van der Waals surface area contributed by atoms with Crippen molar-refractivity contribution < 1.29 is 9.18 Å². The van der Waals surface area contributed by atoms with Crippen molar-refractivity contribution in [3.05, 3.63) is 81.5 Å². The summed E-state index contributed by atoms with van der Waals surface area (Å²) >= 11 is 0. The Morgan fingerprint density at radius 2 is 2.04 bits per heavy atom. The first-order valence-corrected chi connectivity index (χ1v) is 8.03. The molecule has 2 aromatic heterocycles. The minimum absolute atomic E-state index is 0.261. The number of H-pyrrole nitrogens is 1. The van der Waals surface area contributed by atoms with E-state index < -0.39 is 6.04 Å². The zero-order chi connectivity index (χ0) is 18.7. The van der Waals surface area contributed by atoms with Crippen molar-refractivity contribution in [1.29, 1.82) is 0 Å². The third-order valence-corrected chi connectivity index (χ3v) is 3.96. The molecule has 1 atom stereocenters. The van der Waals surface area contributed by atoms with Gasteiger partial charge in [-0.3, -0.25) is 14.3 Å². The molecule has 26 heavy (non-hydrogen) atoms. The van der Waals surface area contributed by atoms with Gasteiger partial charge in [0.15, 0.2) is 0 Å². The van der Waals surface area contributed by atoms with Gasteiger partial charge in [-0.2, -0.15) is 5.10 Å². The number of aromatic nitrogens is 4. The number of benzene rings is 1. The van der Waals surface area contributed by atoms with Gasteiger partial charge in [0, 0.05) is 25.7 Å². The molecule has 8 heteroatoms. The molecule has 0 aliphatic rings. The van der Waals surface area contributed by atoms with Crippen molar-refractivity contribution in [2.24, 2.45) is 7.05 Å². The molecule has 2 heterocycles. The van der Waals surface area contributed by atoms with Crippen LogP contribution in [-0.4, -0.2) is 25.7 Å². The van der Waals surface area contributed by atoms with E-state index in [0.717, 1.165) is 0 Å². The molecule has 2 N–H and O–H groups in total. The first kappa shape index (κ1) is 17.5. The first-order chi connectivity index (χ1) is 12.4. The molecule has 0 aliphatic carbocycles. The van der Waals surface area contributed by atoms with Gasteiger partial charge in [0.05, 0.1) is 11.7 Å². The van der Waals surface area contributed by atoms with Gasteiger partial charge in [-0.05, 0) is 30.7 Å². The number of nitrogens with one attached hydrogen (secondary N) is 2. The first-order valence-electron chi connectivity index (χ1n) is 8.03. The van der Waals surface area contributed by atoms with Crippen molar-refractivity contribution in [3.8, 4) is 0 Å². The fourth-order valence-corrected chi connectivity index (χ4v) is 2.73. The molecule has 0 aliphatic heterocycles. The van der Waals surface area contributed by atoms with Crippen molar-refractivity contribution in [2.75, 3.05) is 0 Å². The monoisotopic (exact) mass is 355 g/mol. The smallest absolute Gasteiger partial charge is 0.270 e. The molecule has 3 rings (SSSR count). The third-order valence-electron chi connectivity index (χ3n) is 3.96. The number of aromatic amines is 1. The molecule has 7 nitrogen and oxygen atoms in total. The molecular weight excluding hydrogens is 337 g/mol. The van der Waals surface area contributed by atoms with Crippen LogP contribution in [0.5, 0.6) is 0 Å². The van der Waals surface area contributed by atoms with Crippen LogP contribution >= 0.6 is 0 Å². The Morgan fingerprint density at radius 3 is 2.65 bits per heavy atom. The van der Waals surface area contributed by atoms with E-state index in [1.807, 2.05) is 0 Å². The molecule has 0 bridgehead atoms. The molecule has 0 saturated heterocycles. The topological polar surface area (TPSA) is 92.7 Å². The molecular formula is C18H18FN5O2. The van der Waals surface area contributed by atoms with Gasteiger partial charge in [-0.1, -0.05) is 12.1 Å². The average molecular weight is 355 g/mol. The van der Waals surface area contributed by atoms with Crippen molar-refractivity contribution in [2.45, 2.75) is 19.4 Å². The Bertz CT molecular complexity index is 978. The van der Waals surface area contributed by atoms with Crippen molar-refractivity contribution >= 4 is 5.91 Å². The Hall–Kier alpha value is -3.29. The maximum atomic E-state index is 13.3. The molecule has 1 amide bonds. The van der Waals surface area contributed by atoms with Crippen molar-refractivity contribution in [1.82, 2.24) is 25.1 Å². The van der Waals surface area contributed by atoms with Gasteiger partial charge in [0.25, 0.3) is 11.5 Å². The molecule has 0 unspecified atom stereocenters. The van der Waals surface area contributed by atoms with E-state index in [4.69, 9.17) is 0 Å². The van der Waals surface area contributed by atoms with Gasteiger partial charge >= 0.3 is 0 Å². The number of carbonyl (C=O) groups excluding carboxylic acids is 1. The molecule has 0 radical (unpaired) electrons. The summed E-state index contributed by atoms with van der Waals surface area (Å²) in [6, 6.07) is 8.37. The number of hydrogen-bond acceptors (Lipinski definition) is 4. The van der Waals surface area contributed by atoms with E-state index >= 15 is 0 Å². The highest BCUT2D eigenvalue weighted by atomic mass is 19.1. The standard InChI is InChI=1S/C18H18FN5O2/c1-11-21-14(10-17(25)22-11)9-15(12-3-5-13(19)6-4-12)23-18(26)16-7-8-20-24(16)2/h3-8,10,15H,9H2,1-2H3,(H,23,26)(H,21,22,25)/t15-/m1/s1. The zero-order valence-electron chi connectivity index (χ0n) is 14.4. The maximum absolute atomic E-state index is 13.3. The van der Waals surface area contributed by atoms with E-state index in [0.29, 0.717) is 29.2 Å². The lowest BCUT2D eigenvalue weighted by molar-refractivity contribution is 0.0927. The quantitative estimate of drug-likeness (QED) is 0.728. The van der Waals surface area contributed by atoms with Crippen LogP contribution in [0.15, 0.2) is 47.4 Å². The normalized spacial score (nSPS) is 12.0. The summed E-state index contributed by atoms with van der Waals surface area (Å²) < 4.78 is 14.7. The van der Waals surface area contributed by atoms with Gasteiger partial charge in [0.2, 0.25) is 0 Å².